The van der Waals surface area contributed by atoms with Gasteiger partial charge >= 0.3 is 0 Å². The quantitative estimate of drug-likeness (QED) is 0.633. The third-order valence-electron chi connectivity index (χ3n) is 3.50. The summed E-state index contributed by atoms with van der Waals surface area (Å²) in [7, 11) is 0. The van der Waals surface area contributed by atoms with E-state index in [2.05, 4.69) is 61.5 Å². The molecule has 0 spiro atoms. The molecule has 0 aliphatic rings. The van der Waals surface area contributed by atoms with Gasteiger partial charge in [0.25, 0.3) is 0 Å². The molecule has 18 heavy (non-hydrogen) atoms. The van der Waals surface area contributed by atoms with E-state index in [-0.39, 0.29) is 0 Å². The Labute approximate surface area is 111 Å². The van der Waals surface area contributed by atoms with Gasteiger partial charge in [0, 0.05) is 0 Å². The van der Waals surface area contributed by atoms with Gasteiger partial charge in [0.05, 0.1) is 0 Å². The molecule has 2 rings (SSSR count). The van der Waals surface area contributed by atoms with Crippen molar-refractivity contribution in [2.24, 2.45) is 0 Å². The van der Waals surface area contributed by atoms with E-state index in [9.17, 15) is 0 Å². The summed E-state index contributed by atoms with van der Waals surface area (Å²) in [6, 6.07) is 19.6. The van der Waals surface area contributed by atoms with Gasteiger partial charge in [0.2, 0.25) is 0 Å². The van der Waals surface area contributed by atoms with Crippen molar-refractivity contribution in [2.75, 3.05) is 0 Å². The molecule has 0 fully saturated rings. The Hall–Kier alpha value is -1.56. The summed E-state index contributed by atoms with van der Waals surface area (Å²) in [5, 5.41) is 0. The lowest BCUT2D eigenvalue weighted by molar-refractivity contribution is 0.730. The van der Waals surface area contributed by atoms with Gasteiger partial charge in [-0.2, -0.15) is 0 Å². The van der Waals surface area contributed by atoms with Crippen molar-refractivity contribution in [3.05, 3.63) is 71.3 Å². The van der Waals surface area contributed by atoms with Crippen LogP contribution in [0.3, 0.4) is 0 Å². The van der Waals surface area contributed by atoms with Crippen LogP contribution in [-0.4, -0.2) is 0 Å². The molecule has 94 valence electrons. The molecule has 0 aromatic heterocycles. The highest BCUT2D eigenvalue weighted by molar-refractivity contribution is 5.27. The van der Waals surface area contributed by atoms with Crippen LogP contribution in [0.4, 0.5) is 0 Å². The molecule has 0 saturated heterocycles. The highest BCUT2D eigenvalue weighted by atomic mass is 14.0. The predicted molar refractivity (Wildman–Crippen MR) is 78.9 cm³/mol. The number of unbranched alkanes of at least 4 members (excludes halogenated alkanes) is 1. The molecule has 0 atom stereocenters. The monoisotopic (exact) mass is 238 g/mol. The Morgan fingerprint density at radius 1 is 0.667 bits per heavy atom. The highest BCUT2D eigenvalue weighted by Gasteiger charge is 1.99. The third-order valence-corrected chi connectivity index (χ3v) is 3.50. The van der Waals surface area contributed by atoms with Gasteiger partial charge < -0.3 is 0 Å². The largest absolute Gasteiger partial charge is 0.0622 e. The van der Waals surface area contributed by atoms with Crippen LogP contribution in [0, 0.1) is 0 Å². The molecule has 2 aromatic carbocycles. The van der Waals surface area contributed by atoms with Crippen molar-refractivity contribution >= 4 is 0 Å². The molecule has 0 N–H and O–H groups in total. The molecule has 0 unspecified atom stereocenters. The smallest absolute Gasteiger partial charge is 0.0276 e. The summed E-state index contributed by atoms with van der Waals surface area (Å²) < 4.78 is 0. The van der Waals surface area contributed by atoms with E-state index in [4.69, 9.17) is 0 Å². The standard InChI is InChI=1S/C18H22/c1-2-17-13-8-9-15-18(17)14-7-6-12-16-10-4-3-5-11-16/h3-5,8-11,13,15H,2,6-7,12,14H2,1H3. The molecule has 0 radical (unpaired) electrons. The maximum absolute atomic E-state index is 2.28. The Morgan fingerprint density at radius 2 is 1.28 bits per heavy atom. The van der Waals surface area contributed by atoms with Crippen molar-refractivity contribution in [1.29, 1.82) is 0 Å². The number of hydrogen-bond donors (Lipinski definition) is 0. The Balaban J connectivity index is 1.78. The summed E-state index contributed by atoms with van der Waals surface area (Å²) in [5.74, 6) is 0. The number of rotatable bonds is 6. The third kappa shape index (κ3) is 3.73. The van der Waals surface area contributed by atoms with E-state index in [0.29, 0.717) is 0 Å². The number of benzene rings is 2. The molecule has 0 heteroatoms. The van der Waals surface area contributed by atoms with Crippen LogP contribution >= 0.6 is 0 Å². The van der Waals surface area contributed by atoms with Crippen molar-refractivity contribution in [3.8, 4) is 0 Å². The van der Waals surface area contributed by atoms with Gasteiger partial charge in [0.15, 0.2) is 0 Å². The van der Waals surface area contributed by atoms with Crippen LogP contribution in [0.1, 0.15) is 36.5 Å². The highest BCUT2D eigenvalue weighted by Crippen LogP contribution is 2.14. The van der Waals surface area contributed by atoms with Gasteiger partial charge in [-0.05, 0) is 48.8 Å². The Bertz CT molecular complexity index is 456. The first-order valence-electron chi connectivity index (χ1n) is 7.01. The van der Waals surface area contributed by atoms with E-state index >= 15 is 0 Å². The van der Waals surface area contributed by atoms with Crippen LogP contribution in [0.2, 0.25) is 0 Å². The zero-order valence-electron chi connectivity index (χ0n) is 11.2. The second-order valence-corrected chi connectivity index (χ2v) is 4.81. The first-order valence-corrected chi connectivity index (χ1v) is 7.01. The van der Waals surface area contributed by atoms with E-state index < -0.39 is 0 Å². The van der Waals surface area contributed by atoms with Gasteiger partial charge in [-0.3, -0.25) is 0 Å². The first kappa shape index (κ1) is 12.9. The van der Waals surface area contributed by atoms with E-state index in [0.717, 1.165) is 6.42 Å². The fourth-order valence-electron chi connectivity index (χ4n) is 2.44. The lowest BCUT2D eigenvalue weighted by Crippen LogP contribution is -1.94. The molecule has 2 aromatic rings. The van der Waals surface area contributed by atoms with Gasteiger partial charge in [-0.15, -0.1) is 0 Å². The summed E-state index contributed by atoms with van der Waals surface area (Å²) in [6.45, 7) is 2.24. The number of aryl methyl sites for hydroxylation is 3. The van der Waals surface area contributed by atoms with Crippen molar-refractivity contribution in [1.82, 2.24) is 0 Å². The number of hydrogen-bond acceptors (Lipinski definition) is 0. The van der Waals surface area contributed by atoms with Crippen LogP contribution in [0.15, 0.2) is 54.6 Å². The summed E-state index contributed by atoms with van der Waals surface area (Å²) in [6.07, 6.45) is 6.13. The average molecular weight is 238 g/mol. The second kappa shape index (κ2) is 7.00. The topological polar surface area (TPSA) is 0 Å². The summed E-state index contributed by atoms with van der Waals surface area (Å²) in [4.78, 5) is 0. The lowest BCUT2D eigenvalue weighted by atomic mass is 9.99. The normalized spacial score (nSPS) is 10.5. The van der Waals surface area contributed by atoms with Gasteiger partial charge in [-0.25, -0.2) is 0 Å². The minimum absolute atomic E-state index is 1.15. The SMILES string of the molecule is CCc1ccccc1CCCCc1ccccc1. The molecule has 0 heterocycles. The maximum Gasteiger partial charge on any atom is -0.0276 e. The summed E-state index contributed by atoms with van der Waals surface area (Å²) in [5.41, 5.74) is 4.51. The molecule has 0 aliphatic carbocycles. The van der Waals surface area contributed by atoms with E-state index in [1.807, 2.05) is 0 Å². The second-order valence-electron chi connectivity index (χ2n) is 4.81. The van der Waals surface area contributed by atoms with E-state index in [1.54, 1.807) is 0 Å². The van der Waals surface area contributed by atoms with Crippen LogP contribution < -0.4 is 0 Å². The molecule has 0 aliphatic heterocycles. The zero-order valence-corrected chi connectivity index (χ0v) is 11.2. The van der Waals surface area contributed by atoms with Crippen molar-refractivity contribution < 1.29 is 0 Å². The molecular weight excluding hydrogens is 216 g/mol. The minimum atomic E-state index is 1.15. The molecule has 0 saturated carbocycles. The molecule has 0 nitrogen and oxygen atoms in total. The fraction of sp³-hybridized carbons (Fsp3) is 0.333. The average Bonchev–Trinajstić information content (AvgIpc) is 2.45. The minimum Gasteiger partial charge on any atom is -0.0622 e. The lowest BCUT2D eigenvalue weighted by Gasteiger charge is -2.07. The zero-order chi connectivity index (χ0) is 12.6. The fourth-order valence-corrected chi connectivity index (χ4v) is 2.44. The van der Waals surface area contributed by atoms with Crippen molar-refractivity contribution in [2.45, 2.75) is 39.0 Å². The van der Waals surface area contributed by atoms with Crippen molar-refractivity contribution in [3.63, 3.8) is 0 Å². The Morgan fingerprint density at radius 3 is 2.00 bits per heavy atom. The van der Waals surface area contributed by atoms with Gasteiger partial charge in [0.1, 0.15) is 0 Å². The van der Waals surface area contributed by atoms with Crippen LogP contribution in [-0.2, 0) is 19.3 Å². The molecule has 0 bridgehead atoms. The summed E-state index contributed by atoms with van der Waals surface area (Å²) >= 11 is 0. The molecule has 0 amide bonds. The first-order chi connectivity index (χ1) is 8.90. The predicted octanol–water partition coefficient (Wildman–Crippen LogP) is 4.81. The Kier molecular flexibility index (Phi) is 5.01. The van der Waals surface area contributed by atoms with Crippen LogP contribution in [0.25, 0.3) is 0 Å². The molecular formula is C18H22. The van der Waals surface area contributed by atoms with Crippen LogP contribution in [0.5, 0.6) is 0 Å². The maximum atomic E-state index is 2.28. The van der Waals surface area contributed by atoms with E-state index in [1.165, 1.54) is 42.4 Å². The van der Waals surface area contributed by atoms with Gasteiger partial charge in [-0.1, -0.05) is 61.5 Å².